The summed E-state index contributed by atoms with van der Waals surface area (Å²) in [4.78, 5) is 2.70. The SMILES string of the molecule is Cc1ccccc1N(Cc1ccccc1OCCCN1CCCCC1)S(=O)(=O)c1ccc(Cl)cc1.Cl. The second kappa shape index (κ2) is 13.3. The number of sulfonamides is 1. The van der Waals surface area contributed by atoms with Crippen molar-refractivity contribution in [3.8, 4) is 5.75 Å². The van der Waals surface area contributed by atoms with Crippen molar-refractivity contribution < 1.29 is 13.2 Å². The lowest BCUT2D eigenvalue weighted by Crippen LogP contribution is -2.32. The van der Waals surface area contributed by atoms with E-state index in [9.17, 15) is 8.42 Å². The molecule has 5 nitrogen and oxygen atoms in total. The zero-order chi connectivity index (χ0) is 24.7. The van der Waals surface area contributed by atoms with Crippen molar-refractivity contribution in [2.24, 2.45) is 0 Å². The van der Waals surface area contributed by atoms with Gasteiger partial charge in [-0.2, -0.15) is 0 Å². The number of aryl methyl sites for hydroxylation is 1. The van der Waals surface area contributed by atoms with Gasteiger partial charge in [0, 0.05) is 17.1 Å². The molecule has 0 amide bonds. The van der Waals surface area contributed by atoms with Crippen molar-refractivity contribution in [3.63, 3.8) is 0 Å². The third-order valence-corrected chi connectivity index (χ3v) is 8.42. The molecule has 0 radical (unpaired) electrons. The average Bonchev–Trinajstić information content (AvgIpc) is 2.87. The summed E-state index contributed by atoms with van der Waals surface area (Å²) in [5.74, 6) is 0.719. The Bertz CT molecular complexity index is 1210. The van der Waals surface area contributed by atoms with Crippen LogP contribution in [0.2, 0.25) is 5.02 Å². The van der Waals surface area contributed by atoms with E-state index in [-0.39, 0.29) is 23.8 Å². The van der Waals surface area contributed by atoms with E-state index in [0.29, 0.717) is 17.3 Å². The number of rotatable bonds is 10. The summed E-state index contributed by atoms with van der Waals surface area (Å²) in [5.41, 5.74) is 2.35. The molecule has 1 fully saturated rings. The monoisotopic (exact) mass is 548 g/mol. The molecule has 0 spiro atoms. The first-order valence-corrected chi connectivity index (χ1v) is 14.0. The molecule has 4 rings (SSSR count). The summed E-state index contributed by atoms with van der Waals surface area (Å²) < 4.78 is 35.2. The number of benzene rings is 3. The zero-order valence-corrected chi connectivity index (χ0v) is 23.0. The van der Waals surface area contributed by atoms with E-state index in [1.165, 1.54) is 36.7 Å². The van der Waals surface area contributed by atoms with Gasteiger partial charge in [-0.1, -0.05) is 54.4 Å². The number of ether oxygens (including phenoxy) is 1. The average molecular weight is 550 g/mol. The number of hydrogen-bond donors (Lipinski definition) is 0. The molecule has 1 aliphatic heterocycles. The van der Waals surface area contributed by atoms with Gasteiger partial charge in [0.1, 0.15) is 5.75 Å². The molecule has 1 aliphatic rings. The maximum absolute atomic E-state index is 13.8. The molecule has 0 bridgehead atoms. The molecule has 3 aromatic carbocycles. The fourth-order valence-electron chi connectivity index (χ4n) is 4.46. The van der Waals surface area contributed by atoms with E-state index < -0.39 is 10.0 Å². The normalized spacial score (nSPS) is 14.2. The highest BCUT2D eigenvalue weighted by molar-refractivity contribution is 7.92. The highest BCUT2D eigenvalue weighted by atomic mass is 35.5. The van der Waals surface area contributed by atoms with Crippen LogP contribution in [0.15, 0.2) is 77.7 Å². The van der Waals surface area contributed by atoms with Gasteiger partial charge in [0.25, 0.3) is 10.0 Å². The minimum absolute atomic E-state index is 0. The Morgan fingerprint density at radius 2 is 1.58 bits per heavy atom. The van der Waals surface area contributed by atoms with E-state index in [0.717, 1.165) is 29.8 Å². The number of anilines is 1. The Balaban J connectivity index is 0.00000361. The summed E-state index contributed by atoms with van der Waals surface area (Å²) in [6.07, 6.45) is 4.83. The Morgan fingerprint density at radius 1 is 0.917 bits per heavy atom. The lowest BCUT2D eigenvalue weighted by atomic mass is 10.1. The second-order valence-electron chi connectivity index (χ2n) is 8.96. The first kappa shape index (κ1) is 28.3. The van der Waals surface area contributed by atoms with Crippen molar-refractivity contribution >= 4 is 39.7 Å². The van der Waals surface area contributed by atoms with Gasteiger partial charge in [-0.15, -0.1) is 12.4 Å². The molecule has 8 heteroatoms. The molecule has 194 valence electrons. The molecule has 0 aromatic heterocycles. The van der Waals surface area contributed by atoms with Crippen molar-refractivity contribution in [2.45, 2.75) is 44.0 Å². The standard InChI is InChI=1S/C28H33ClN2O3S.ClH/c1-23-10-3-5-12-27(23)31(35(32,33)26-16-14-25(29)15-17-26)22-24-11-4-6-13-28(24)34-21-9-20-30-18-7-2-8-19-30;/h3-6,10-17H,2,7-9,18-22H2,1H3;1H. The number of para-hydroxylation sites is 2. The van der Waals surface area contributed by atoms with Crippen molar-refractivity contribution in [2.75, 3.05) is 30.5 Å². The third kappa shape index (κ3) is 7.16. The lowest BCUT2D eigenvalue weighted by Gasteiger charge is -2.27. The Labute approximate surface area is 226 Å². The van der Waals surface area contributed by atoms with Gasteiger partial charge < -0.3 is 9.64 Å². The van der Waals surface area contributed by atoms with Crippen LogP contribution in [-0.2, 0) is 16.6 Å². The van der Waals surface area contributed by atoms with Gasteiger partial charge >= 0.3 is 0 Å². The van der Waals surface area contributed by atoms with Crippen LogP contribution in [0.1, 0.15) is 36.8 Å². The van der Waals surface area contributed by atoms with Crippen LogP contribution >= 0.6 is 24.0 Å². The molecule has 1 saturated heterocycles. The van der Waals surface area contributed by atoms with E-state index in [1.807, 2.05) is 55.5 Å². The highest BCUT2D eigenvalue weighted by Crippen LogP contribution is 2.31. The van der Waals surface area contributed by atoms with E-state index in [2.05, 4.69) is 4.90 Å². The van der Waals surface area contributed by atoms with Gasteiger partial charge in [0.2, 0.25) is 0 Å². The van der Waals surface area contributed by atoms with Crippen molar-refractivity contribution in [1.82, 2.24) is 4.90 Å². The van der Waals surface area contributed by atoms with Gasteiger partial charge in [-0.05, 0) is 81.2 Å². The van der Waals surface area contributed by atoms with Crippen LogP contribution in [0.4, 0.5) is 5.69 Å². The quantitative estimate of drug-likeness (QED) is 0.264. The van der Waals surface area contributed by atoms with E-state index in [1.54, 1.807) is 24.3 Å². The van der Waals surface area contributed by atoms with Gasteiger partial charge in [-0.3, -0.25) is 4.31 Å². The fourth-order valence-corrected chi connectivity index (χ4v) is 6.09. The Hall–Kier alpha value is -2.25. The fraction of sp³-hybridized carbons (Fsp3) is 0.357. The maximum atomic E-state index is 13.8. The zero-order valence-electron chi connectivity index (χ0n) is 20.6. The molecule has 0 unspecified atom stereocenters. The van der Waals surface area contributed by atoms with E-state index >= 15 is 0 Å². The second-order valence-corrected chi connectivity index (χ2v) is 11.3. The summed E-state index contributed by atoms with van der Waals surface area (Å²) in [6.45, 7) is 6.06. The molecular formula is C28H34Cl2N2O3S. The van der Waals surface area contributed by atoms with Crippen molar-refractivity contribution in [1.29, 1.82) is 0 Å². The predicted octanol–water partition coefficient (Wildman–Crippen LogP) is 6.72. The number of piperidine rings is 1. The number of likely N-dealkylation sites (tertiary alicyclic amines) is 1. The third-order valence-electron chi connectivity index (χ3n) is 6.40. The largest absolute Gasteiger partial charge is 0.493 e. The number of nitrogens with zero attached hydrogens (tertiary/aromatic N) is 2. The summed E-state index contributed by atoms with van der Waals surface area (Å²) in [5, 5.41) is 0.495. The molecule has 3 aromatic rings. The minimum atomic E-state index is -3.84. The smallest absolute Gasteiger partial charge is 0.264 e. The van der Waals surface area contributed by atoms with Crippen LogP contribution in [0.25, 0.3) is 0 Å². The van der Waals surface area contributed by atoms with Gasteiger partial charge in [0.05, 0.1) is 23.7 Å². The molecule has 0 atom stereocenters. The van der Waals surface area contributed by atoms with Gasteiger partial charge in [-0.25, -0.2) is 8.42 Å². The topological polar surface area (TPSA) is 49.9 Å². The van der Waals surface area contributed by atoms with E-state index in [4.69, 9.17) is 16.3 Å². The van der Waals surface area contributed by atoms with Crippen molar-refractivity contribution in [3.05, 3.63) is 88.9 Å². The van der Waals surface area contributed by atoms with Crippen LogP contribution in [0.5, 0.6) is 5.75 Å². The first-order valence-electron chi connectivity index (χ1n) is 12.2. The first-order chi connectivity index (χ1) is 16.9. The molecule has 1 heterocycles. The molecule has 0 aliphatic carbocycles. The van der Waals surface area contributed by atoms with Crippen LogP contribution in [-0.4, -0.2) is 39.6 Å². The minimum Gasteiger partial charge on any atom is -0.493 e. The molecule has 36 heavy (non-hydrogen) atoms. The molecule has 0 saturated carbocycles. The van der Waals surface area contributed by atoms with Crippen LogP contribution in [0.3, 0.4) is 0 Å². The number of halogens is 2. The highest BCUT2D eigenvalue weighted by Gasteiger charge is 2.27. The maximum Gasteiger partial charge on any atom is 0.264 e. The Kier molecular flexibility index (Phi) is 10.5. The summed E-state index contributed by atoms with van der Waals surface area (Å²) in [7, 11) is -3.84. The lowest BCUT2D eigenvalue weighted by molar-refractivity contribution is 0.204. The molecule has 0 N–H and O–H groups in total. The predicted molar refractivity (Wildman–Crippen MR) is 150 cm³/mol. The summed E-state index contributed by atoms with van der Waals surface area (Å²) >= 11 is 6.02. The molecular weight excluding hydrogens is 515 g/mol. The van der Waals surface area contributed by atoms with Crippen LogP contribution < -0.4 is 9.04 Å². The number of hydrogen-bond acceptors (Lipinski definition) is 4. The Morgan fingerprint density at radius 3 is 2.31 bits per heavy atom. The van der Waals surface area contributed by atoms with Crippen LogP contribution in [0, 0.1) is 6.92 Å². The summed E-state index contributed by atoms with van der Waals surface area (Å²) in [6, 6.07) is 21.5. The van der Waals surface area contributed by atoms with Gasteiger partial charge in [0.15, 0.2) is 0 Å².